The van der Waals surface area contributed by atoms with E-state index in [2.05, 4.69) is 142 Å². The maximum absolute atomic E-state index is 4.62. The number of allylic oxidation sites excluding steroid dienone is 1. The van der Waals surface area contributed by atoms with E-state index in [0.717, 1.165) is 12.0 Å². The Morgan fingerprint density at radius 2 is 1.23 bits per heavy atom. The van der Waals surface area contributed by atoms with Gasteiger partial charge in [-0.15, -0.1) is 0 Å². The maximum atomic E-state index is 4.62. The van der Waals surface area contributed by atoms with Crippen LogP contribution in [0.1, 0.15) is 35.6 Å². The predicted octanol–water partition coefficient (Wildman–Crippen LogP) is 12.3. The Morgan fingerprint density at radius 3 is 2.05 bits per heavy atom. The van der Waals surface area contributed by atoms with Crippen LogP contribution in [-0.2, 0) is 0 Å². The van der Waals surface area contributed by atoms with E-state index < -0.39 is 0 Å². The van der Waals surface area contributed by atoms with Crippen LogP contribution in [0.15, 0.2) is 122 Å². The smallest absolute Gasteiger partial charge is 0.00206 e. The summed E-state index contributed by atoms with van der Waals surface area (Å²) in [6.45, 7) is 9.03. The van der Waals surface area contributed by atoms with E-state index >= 15 is 0 Å². The van der Waals surface area contributed by atoms with Crippen molar-refractivity contribution in [3.63, 3.8) is 0 Å². The van der Waals surface area contributed by atoms with E-state index in [1.54, 1.807) is 0 Å². The minimum atomic E-state index is 0.985. The average molecular weight is 547 g/mol. The number of benzene rings is 8. The Bertz CT molecular complexity index is 2490. The molecule has 0 amide bonds. The maximum Gasteiger partial charge on any atom is -0.00206 e. The highest BCUT2D eigenvalue weighted by atomic mass is 14.3. The molecule has 0 aliphatic heterocycles. The molecule has 0 saturated carbocycles. The second-order valence-corrected chi connectivity index (χ2v) is 12.1. The van der Waals surface area contributed by atoms with Crippen LogP contribution in [-0.4, -0.2) is 0 Å². The zero-order chi connectivity index (χ0) is 28.8. The number of hydrogen-bond acceptors (Lipinski definition) is 0. The monoisotopic (exact) mass is 546 g/mol. The first kappa shape index (κ1) is 24.4. The van der Waals surface area contributed by atoms with Gasteiger partial charge in [0.05, 0.1) is 0 Å². The van der Waals surface area contributed by atoms with Gasteiger partial charge in [-0.1, -0.05) is 128 Å². The van der Waals surface area contributed by atoms with E-state index in [0.29, 0.717) is 0 Å². The van der Waals surface area contributed by atoms with Crippen molar-refractivity contribution in [2.24, 2.45) is 0 Å². The molecule has 0 heteroatoms. The molecule has 0 unspecified atom stereocenters. The first-order chi connectivity index (χ1) is 21.1. The first-order valence-corrected chi connectivity index (χ1v) is 15.3. The highest BCUT2D eigenvalue weighted by Gasteiger charge is 2.27. The van der Waals surface area contributed by atoms with Gasteiger partial charge in [-0.05, 0) is 124 Å². The van der Waals surface area contributed by atoms with Crippen LogP contribution in [0.25, 0.3) is 87.8 Å². The van der Waals surface area contributed by atoms with E-state index in [-0.39, 0.29) is 0 Å². The highest BCUT2D eigenvalue weighted by molar-refractivity contribution is 6.27. The molecule has 43 heavy (non-hydrogen) atoms. The van der Waals surface area contributed by atoms with Gasteiger partial charge in [0.25, 0.3) is 0 Å². The van der Waals surface area contributed by atoms with Gasteiger partial charge in [-0.3, -0.25) is 0 Å². The van der Waals surface area contributed by atoms with Crippen molar-refractivity contribution < 1.29 is 0 Å². The number of aryl methyl sites for hydroxylation is 1. The van der Waals surface area contributed by atoms with Crippen molar-refractivity contribution >= 4 is 65.5 Å². The molecule has 0 radical (unpaired) electrons. The van der Waals surface area contributed by atoms with Gasteiger partial charge in [0, 0.05) is 0 Å². The van der Waals surface area contributed by atoms with Gasteiger partial charge in [-0.2, -0.15) is 0 Å². The highest BCUT2D eigenvalue weighted by Crippen LogP contribution is 2.50. The second kappa shape index (κ2) is 8.90. The summed E-state index contributed by atoms with van der Waals surface area (Å²) >= 11 is 0. The third kappa shape index (κ3) is 3.32. The fourth-order valence-corrected chi connectivity index (χ4v) is 7.69. The van der Waals surface area contributed by atoms with Crippen LogP contribution in [0, 0.1) is 6.92 Å². The molecule has 0 heterocycles. The minimum absolute atomic E-state index is 0.985. The fourth-order valence-electron chi connectivity index (χ4n) is 7.69. The fraction of sp³-hybridized carbons (Fsp3) is 0.0698. The van der Waals surface area contributed by atoms with Crippen LogP contribution >= 0.6 is 0 Å². The topological polar surface area (TPSA) is 0 Å². The molecular formula is C43H30. The molecular weight excluding hydrogens is 516 g/mol. The normalized spacial score (nSPS) is 12.9. The summed E-state index contributed by atoms with van der Waals surface area (Å²) in [5.74, 6) is 0. The van der Waals surface area contributed by atoms with Crippen molar-refractivity contribution in [1.82, 2.24) is 0 Å². The number of rotatable bonds is 3. The molecule has 202 valence electrons. The van der Waals surface area contributed by atoms with Crippen molar-refractivity contribution in [2.75, 3.05) is 0 Å². The summed E-state index contributed by atoms with van der Waals surface area (Å²) in [4.78, 5) is 0. The molecule has 0 saturated heterocycles. The Kier molecular flexibility index (Phi) is 5.05. The van der Waals surface area contributed by atoms with Crippen molar-refractivity contribution in [2.45, 2.75) is 20.3 Å². The molecule has 0 nitrogen and oxygen atoms in total. The van der Waals surface area contributed by atoms with E-state index in [9.17, 15) is 0 Å². The molecule has 0 fully saturated rings. The lowest BCUT2D eigenvalue weighted by atomic mass is 9.84. The summed E-state index contributed by atoms with van der Waals surface area (Å²) in [6, 6.07) is 41.1. The van der Waals surface area contributed by atoms with Gasteiger partial charge in [0.1, 0.15) is 0 Å². The van der Waals surface area contributed by atoms with Crippen LogP contribution in [0.4, 0.5) is 0 Å². The zero-order valence-corrected chi connectivity index (χ0v) is 24.5. The lowest BCUT2D eigenvalue weighted by Gasteiger charge is -2.19. The average Bonchev–Trinajstić information content (AvgIpc) is 3.33. The lowest BCUT2D eigenvalue weighted by molar-refractivity contribution is 1.23. The van der Waals surface area contributed by atoms with Crippen molar-refractivity contribution in [3.8, 4) is 22.3 Å². The van der Waals surface area contributed by atoms with Crippen molar-refractivity contribution in [1.29, 1.82) is 0 Å². The van der Waals surface area contributed by atoms with Crippen LogP contribution in [0.3, 0.4) is 0 Å². The second-order valence-electron chi connectivity index (χ2n) is 12.1. The summed E-state index contributed by atoms with van der Waals surface area (Å²) in [5, 5.41) is 13.1. The first-order valence-electron chi connectivity index (χ1n) is 15.3. The number of hydrogen-bond donors (Lipinski definition) is 0. The molecule has 9 rings (SSSR count). The molecule has 0 bridgehead atoms. The SMILES string of the molecule is C=C1c2ccccc2-c2cc3c(cc(-c4ccc5ccc6cccc7ccc4c5c67)c4cc(C)ccc43)c(/C=C\CC)c21. The summed E-state index contributed by atoms with van der Waals surface area (Å²) < 4.78 is 0. The molecule has 0 aromatic heterocycles. The van der Waals surface area contributed by atoms with E-state index in [1.165, 1.54) is 98.4 Å². The largest absolute Gasteiger partial charge is 0.0905 e. The molecule has 8 aromatic rings. The van der Waals surface area contributed by atoms with Gasteiger partial charge >= 0.3 is 0 Å². The molecule has 8 aromatic carbocycles. The summed E-state index contributed by atoms with van der Waals surface area (Å²) in [6.07, 6.45) is 5.62. The van der Waals surface area contributed by atoms with Gasteiger partial charge in [-0.25, -0.2) is 0 Å². The molecule has 1 aliphatic carbocycles. The van der Waals surface area contributed by atoms with Crippen LogP contribution in [0.2, 0.25) is 0 Å². The van der Waals surface area contributed by atoms with Crippen LogP contribution in [0.5, 0.6) is 0 Å². The Labute approximate surface area is 251 Å². The minimum Gasteiger partial charge on any atom is -0.0905 e. The molecule has 0 spiro atoms. The number of fused-ring (bicyclic) bond motifs is 6. The molecule has 0 N–H and O–H groups in total. The van der Waals surface area contributed by atoms with Gasteiger partial charge in [0.2, 0.25) is 0 Å². The zero-order valence-electron chi connectivity index (χ0n) is 24.5. The third-order valence-electron chi connectivity index (χ3n) is 9.63. The Hall–Kier alpha value is -5.20. The van der Waals surface area contributed by atoms with E-state index in [1.807, 2.05) is 0 Å². The predicted molar refractivity (Wildman–Crippen MR) is 188 cm³/mol. The van der Waals surface area contributed by atoms with Crippen molar-refractivity contribution in [3.05, 3.63) is 144 Å². The third-order valence-corrected chi connectivity index (χ3v) is 9.63. The summed E-state index contributed by atoms with van der Waals surface area (Å²) in [7, 11) is 0. The quantitative estimate of drug-likeness (QED) is 0.193. The van der Waals surface area contributed by atoms with E-state index in [4.69, 9.17) is 0 Å². The molecule has 1 aliphatic rings. The van der Waals surface area contributed by atoms with Gasteiger partial charge < -0.3 is 0 Å². The van der Waals surface area contributed by atoms with Gasteiger partial charge in [0.15, 0.2) is 0 Å². The summed E-state index contributed by atoms with van der Waals surface area (Å²) in [5.41, 5.74) is 11.3. The van der Waals surface area contributed by atoms with Crippen LogP contribution < -0.4 is 0 Å². The lowest BCUT2D eigenvalue weighted by Crippen LogP contribution is -1.93. The molecule has 0 atom stereocenters. The Balaban J connectivity index is 1.46. The standard InChI is InChI=1S/C43H30/c1-4-5-11-34-39-23-37(32-20-17-29-16-15-27-9-8-10-28-18-21-35(32)43(29)42(27)28)36-22-25(2)14-19-33(36)38(39)24-40-31-13-7-6-12-30(31)26(3)41(34)40/h5-24H,3-4H2,1-2H3/b11-5-. The Morgan fingerprint density at radius 1 is 0.535 bits per heavy atom.